The molecular weight excluding hydrogens is 374 g/mol. The lowest BCUT2D eigenvalue weighted by atomic mass is 10.1. The number of rotatable bonds is 6. The predicted octanol–water partition coefficient (Wildman–Crippen LogP) is 4.33. The van der Waals surface area contributed by atoms with Crippen molar-refractivity contribution in [3.8, 4) is 11.5 Å². The minimum atomic E-state index is -0.466. The van der Waals surface area contributed by atoms with Crippen LogP contribution in [0, 0.1) is 18.6 Å². The quantitative estimate of drug-likeness (QED) is 0.481. The second kappa shape index (κ2) is 9.64. The third kappa shape index (κ3) is 5.75. The maximum absolute atomic E-state index is 14.3. The summed E-state index contributed by atoms with van der Waals surface area (Å²) in [6.45, 7) is 2.51. The van der Waals surface area contributed by atoms with Gasteiger partial charge >= 0.3 is 0 Å². The van der Waals surface area contributed by atoms with E-state index in [1.165, 1.54) is 18.3 Å². The van der Waals surface area contributed by atoms with Gasteiger partial charge in [0.2, 0.25) is 0 Å². The van der Waals surface area contributed by atoms with E-state index in [1.807, 2.05) is 6.07 Å². The molecule has 0 aliphatic rings. The van der Waals surface area contributed by atoms with Crippen molar-refractivity contribution in [3.63, 3.8) is 0 Å². The van der Waals surface area contributed by atoms with Gasteiger partial charge in [0.1, 0.15) is 11.6 Å². The third-order valence-electron chi connectivity index (χ3n) is 4.24. The molecule has 0 saturated heterocycles. The Morgan fingerprint density at radius 3 is 2.28 bits per heavy atom. The van der Waals surface area contributed by atoms with Crippen LogP contribution in [0.25, 0.3) is 0 Å². The lowest BCUT2D eigenvalue weighted by Gasteiger charge is -2.13. The Kier molecular flexibility index (Phi) is 6.73. The lowest BCUT2D eigenvalue weighted by Crippen LogP contribution is -2.36. The van der Waals surface area contributed by atoms with Crippen molar-refractivity contribution in [2.75, 3.05) is 7.05 Å². The summed E-state index contributed by atoms with van der Waals surface area (Å²) in [7, 11) is 1.64. The monoisotopic (exact) mass is 396 g/mol. The van der Waals surface area contributed by atoms with Gasteiger partial charge in [-0.1, -0.05) is 18.2 Å². The van der Waals surface area contributed by atoms with E-state index in [4.69, 9.17) is 4.74 Å². The van der Waals surface area contributed by atoms with Gasteiger partial charge in [-0.05, 0) is 53.9 Å². The summed E-state index contributed by atoms with van der Waals surface area (Å²) >= 11 is 0. The lowest BCUT2D eigenvalue weighted by molar-refractivity contribution is 0.440. The molecule has 0 fully saturated rings. The molecule has 150 valence electrons. The molecule has 5 nitrogen and oxygen atoms in total. The first-order valence-corrected chi connectivity index (χ1v) is 9.11. The summed E-state index contributed by atoms with van der Waals surface area (Å²) < 4.78 is 33.5. The van der Waals surface area contributed by atoms with Gasteiger partial charge in [-0.25, -0.2) is 8.78 Å². The Balaban J connectivity index is 1.55. The average Bonchev–Trinajstić information content (AvgIpc) is 2.73. The number of nitrogens with zero attached hydrogens (tertiary/aromatic N) is 2. The second-order valence-electron chi connectivity index (χ2n) is 6.42. The summed E-state index contributed by atoms with van der Waals surface area (Å²) in [6.07, 6.45) is 3.14. The molecule has 0 amide bonds. The standard InChI is InChI=1S/C22H22F2N4O/c1-15-5-6-16(10-19(15)23)12-27-22(25-2)28-13-17-7-8-21(20(24)11-17)29-18-4-3-9-26-14-18/h3-11,14H,12-13H2,1-2H3,(H2,25,27,28). The van der Waals surface area contributed by atoms with Gasteiger partial charge in [0, 0.05) is 26.3 Å². The number of aliphatic imine (C=N–C) groups is 1. The molecule has 0 atom stereocenters. The summed E-state index contributed by atoms with van der Waals surface area (Å²) in [4.78, 5) is 8.07. The predicted molar refractivity (Wildman–Crippen MR) is 109 cm³/mol. The van der Waals surface area contributed by atoms with E-state index >= 15 is 0 Å². The molecule has 1 aromatic heterocycles. The van der Waals surface area contributed by atoms with E-state index in [2.05, 4.69) is 20.6 Å². The van der Waals surface area contributed by atoms with Crippen molar-refractivity contribution in [2.45, 2.75) is 20.0 Å². The Bertz CT molecular complexity index is 993. The molecule has 3 rings (SSSR count). The highest BCUT2D eigenvalue weighted by Gasteiger charge is 2.07. The molecule has 1 heterocycles. The molecule has 2 aromatic carbocycles. The van der Waals surface area contributed by atoms with Crippen LogP contribution in [-0.2, 0) is 13.1 Å². The zero-order valence-electron chi connectivity index (χ0n) is 16.2. The number of pyridine rings is 1. The molecule has 29 heavy (non-hydrogen) atoms. The van der Waals surface area contributed by atoms with Crippen LogP contribution in [0.2, 0.25) is 0 Å². The van der Waals surface area contributed by atoms with E-state index in [9.17, 15) is 8.78 Å². The van der Waals surface area contributed by atoms with E-state index in [0.717, 1.165) is 11.1 Å². The summed E-state index contributed by atoms with van der Waals surface area (Å²) in [5.41, 5.74) is 2.14. The van der Waals surface area contributed by atoms with Crippen LogP contribution in [0.15, 0.2) is 65.9 Å². The molecule has 0 unspecified atom stereocenters. The van der Waals surface area contributed by atoms with E-state index < -0.39 is 5.82 Å². The Labute approximate surface area is 168 Å². The number of benzene rings is 2. The number of hydrogen-bond acceptors (Lipinski definition) is 3. The first-order valence-electron chi connectivity index (χ1n) is 9.11. The second-order valence-corrected chi connectivity index (χ2v) is 6.42. The number of halogens is 2. The van der Waals surface area contributed by atoms with E-state index in [-0.39, 0.29) is 11.6 Å². The fourth-order valence-corrected chi connectivity index (χ4v) is 2.61. The number of hydrogen-bond donors (Lipinski definition) is 2. The van der Waals surface area contributed by atoms with Gasteiger partial charge in [0.15, 0.2) is 17.5 Å². The first kappa shape index (κ1) is 20.3. The first-order chi connectivity index (χ1) is 14.0. The number of guanidine groups is 1. The van der Waals surface area contributed by atoms with Crippen LogP contribution in [0.1, 0.15) is 16.7 Å². The fraction of sp³-hybridized carbons (Fsp3) is 0.182. The van der Waals surface area contributed by atoms with Gasteiger partial charge in [-0.2, -0.15) is 0 Å². The van der Waals surface area contributed by atoms with Crippen LogP contribution < -0.4 is 15.4 Å². The van der Waals surface area contributed by atoms with Crippen LogP contribution in [0.4, 0.5) is 8.78 Å². The molecule has 2 N–H and O–H groups in total. The van der Waals surface area contributed by atoms with Gasteiger partial charge in [0.05, 0.1) is 6.20 Å². The third-order valence-corrected chi connectivity index (χ3v) is 4.24. The highest BCUT2D eigenvalue weighted by Crippen LogP contribution is 2.24. The number of aromatic nitrogens is 1. The summed E-state index contributed by atoms with van der Waals surface area (Å²) in [5, 5.41) is 6.21. The SMILES string of the molecule is CN=C(NCc1ccc(C)c(F)c1)NCc1ccc(Oc2cccnc2)c(F)c1. The van der Waals surface area contributed by atoms with Crippen LogP contribution >= 0.6 is 0 Å². The van der Waals surface area contributed by atoms with Crippen LogP contribution in [-0.4, -0.2) is 18.0 Å². The summed E-state index contributed by atoms with van der Waals surface area (Å²) in [6, 6.07) is 13.3. The highest BCUT2D eigenvalue weighted by atomic mass is 19.1. The van der Waals surface area contributed by atoms with Crippen LogP contribution in [0.3, 0.4) is 0 Å². The minimum Gasteiger partial charge on any atom is -0.453 e. The maximum Gasteiger partial charge on any atom is 0.191 e. The molecule has 3 aromatic rings. The highest BCUT2D eigenvalue weighted by molar-refractivity contribution is 5.79. The van der Waals surface area contributed by atoms with Crippen LogP contribution in [0.5, 0.6) is 11.5 Å². The van der Waals surface area contributed by atoms with E-state index in [0.29, 0.717) is 30.4 Å². The van der Waals surface area contributed by atoms with Crippen molar-refractivity contribution in [1.82, 2.24) is 15.6 Å². The Morgan fingerprint density at radius 1 is 1.00 bits per heavy atom. The number of nitrogens with one attached hydrogen (secondary N) is 2. The smallest absolute Gasteiger partial charge is 0.191 e. The minimum absolute atomic E-state index is 0.130. The largest absolute Gasteiger partial charge is 0.453 e. The maximum atomic E-state index is 14.3. The van der Waals surface area contributed by atoms with Gasteiger partial charge < -0.3 is 15.4 Å². The van der Waals surface area contributed by atoms with Crippen molar-refractivity contribution >= 4 is 5.96 Å². The molecule has 0 radical (unpaired) electrons. The normalized spacial score (nSPS) is 11.2. The molecule has 0 bridgehead atoms. The van der Waals surface area contributed by atoms with Gasteiger partial charge in [0.25, 0.3) is 0 Å². The molecule has 0 aliphatic carbocycles. The molecular formula is C22H22F2N4O. The van der Waals surface area contributed by atoms with E-state index in [1.54, 1.807) is 50.5 Å². The van der Waals surface area contributed by atoms with Gasteiger partial charge in [-0.15, -0.1) is 0 Å². The van der Waals surface area contributed by atoms with Crippen molar-refractivity contribution in [2.24, 2.45) is 4.99 Å². The number of ether oxygens (including phenoxy) is 1. The van der Waals surface area contributed by atoms with Crippen molar-refractivity contribution < 1.29 is 13.5 Å². The Morgan fingerprint density at radius 2 is 1.69 bits per heavy atom. The van der Waals surface area contributed by atoms with Crippen molar-refractivity contribution in [1.29, 1.82) is 0 Å². The Hall–Kier alpha value is -3.48. The summed E-state index contributed by atoms with van der Waals surface area (Å²) in [5.74, 6) is 0.421. The molecule has 0 saturated carbocycles. The molecule has 7 heteroatoms. The van der Waals surface area contributed by atoms with Gasteiger partial charge in [-0.3, -0.25) is 9.98 Å². The topological polar surface area (TPSA) is 58.5 Å². The number of aryl methyl sites for hydroxylation is 1. The zero-order valence-corrected chi connectivity index (χ0v) is 16.2. The fourth-order valence-electron chi connectivity index (χ4n) is 2.61. The van der Waals surface area contributed by atoms with Crippen molar-refractivity contribution in [3.05, 3.63) is 89.2 Å². The molecule has 0 spiro atoms. The molecule has 0 aliphatic heterocycles. The average molecular weight is 396 g/mol. The zero-order chi connectivity index (χ0) is 20.6.